The van der Waals surface area contributed by atoms with Crippen LogP contribution in [0.3, 0.4) is 0 Å². The monoisotopic (exact) mass is 226 g/mol. The summed E-state index contributed by atoms with van der Waals surface area (Å²) in [5.41, 5.74) is 1.39. The molecule has 0 aromatic heterocycles. The number of phenols is 1. The summed E-state index contributed by atoms with van der Waals surface area (Å²) in [5.74, 6) is -0.169. The summed E-state index contributed by atoms with van der Waals surface area (Å²) in [6.07, 6.45) is 0. The van der Waals surface area contributed by atoms with E-state index in [1.54, 1.807) is 30.3 Å². The molecule has 3 nitrogen and oxygen atoms in total. The number of carbonyl (C=O) groups excluding carboxylic acids is 1. The highest BCUT2D eigenvalue weighted by molar-refractivity contribution is 5.90. The number of ether oxygens (including phenoxy) is 1. The van der Waals surface area contributed by atoms with Crippen molar-refractivity contribution in [3.63, 3.8) is 0 Å². The lowest BCUT2D eigenvalue weighted by Gasteiger charge is -2.09. The van der Waals surface area contributed by atoms with Gasteiger partial charge in [0.1, 0.15) is 17.4 Å². The van der Waals surface area contributed by atoms with Crippen LogP contribution in [0.25, 0.3) is 0 Å². The van der Waals surface area contributed by atoms with Crippen LogP contribution < -0.4 is 4.74 Å². The zero-order chi connectivity index (χ0) is 11.8. The van der Waals surface area contributed by atoms with Gasteiger partial charge in [-0.3, -0.25) is 4.79 Å². The van der Waals surface area contributed by atoms with E-state index in [9.17, 15) is 9.90 Å². The van der Waals surface area contributed by atoms with E-state index in [1.807, 2.05) is 18.2 Å². The predicted molar refractivity (Wildman–Crippen MR) is 62.0 cm³/mol. The summed E-state index contributed by atoms with van der Waals surface area (Å²) >= 11 is 0. The van der Waals surface area contributed by atoms with Crippen molar-refractivity contribution >= 4 is 5.97 Å². The molecule has 1 atom stereocenters. The number of fused-ring (bicyclic) bond motifs is 1. The van der Waals surface area contributed by atoms with Gasteiger partial charge in [0.2, 0.25) is 0 Å². The maximum Gasteiger partial charge on any atom is 0.323 e. The van der Waals surface area contributed by atoms with Crippen LogP contribution in [-0.2, 0) is 4.79 Å². The minimum absolute atomic E-state index is 0.117. The first kappa shape index (κ1) is 9.90. The molecule has 2 aromatic carbocycles. The van der Waals surface area contributed by atoms with Gasteiger partial charge in [0.05, 0.1) is 0 Å². The maximum atomic E-state index is 11.9. The van der Waals surface area contributed by atoms with E-state index < -0.39 is 5.92 Å². The number of para-hydroxylation sites is 2. The molecule has 1 heterocycles. The Labute approximate surface area is 98.3 Å². The lowest BCUT2D eigenvalue weighted by atomic mass is 9.92. The van der Waals surface area contributed by atoms with Crippen molar-refractivity contribution in [1.82, 2.24) is 0 Å². The SMILES string of the molecule is O=C1Oc2ccccc2C1c1ccccc1O. The molecule has 1 N–H and O–H groups in total. The Morgan fingerprint density at radius 2 is 1.59 bits per heavy atom. The third-order valence-electron chi connectivity index (χ3n) is 2.92. The van der Waals surface area contributed by atoms with Gasteiger partial charge >= 0.3 is 5.97 Å². The van der Waals surface area contributed by atoms with Gasteiger partial charge < -0.3 is 9.84 Å². The summed E-state index contributed by atoms with van der Waals surface area (Å²) in [6, 6.07) is 14.1. The lowest BCUT2D eigenvalue weighted by molar-refractivity contribution is -0.133. The Kier molecular flexibility index (Phi) is 2.11. The van der Waals surface area contributed by atoms with E-state index in [4.69, 9.17) is 4.74 Å². The summed E-state index contributed by atoms with van der Waals surface area (Å²) < 4.78 is 5.18. The molecule has 1 aliphatic rings. The number of carbonyl (C=O) groups is 1. The summed E-state index contributed by atoms with van der Waals surface area (Å²) in [6.45, 7) is 0. The van der Waals surface area contributed by atoms with Crippen molar-refractivity contribution in [2.24, 2.45) is 0 Å². The van der Waals surface area contributed by atoms with Crippen LogP contribution in [-0.4, -0.2) is 11.1 Å². The molecule has 0 fully saturated rings. The molecule has 2 aromatic rings. The number of hydrogen-bond acceptors (Lipinski definition) is 3. The van der Waals surface area contributed by atoms with Crippen LogP contribution >= 0.6 is 0 Å². The van der Waals surface area contributed by atoms with E-state index in [0.717, 1.165) is 5.56 Å². The van der Waals surface area contributed by atoms with Gasteiger partial charge in [0.25, 0.3) is 0 Å². The molecule has 0 radical (unpaired) electrons. The molecule has 0 aliphatic carbocycles. The number of esters is 1. The zero-order valence-electron chi connectivity index (χ0n) is 8.96. The molecular formula is C14H10O3. The van der Waals surface area contributed by atoms with E-state index in [1.165, 1.54) is 0 Å². The molecule has 84 valence electrons. The minimum atomic E-state index is -0.521. The first-order valence-electron chi connectivity index (χ1n) is 5.36. The molecule has 0 amide bonds. The summed E-state index contributed by atoms with van der Waals surface area (Å²) in [5, 5.41) is 9.81. The van der Waals surface area contributed by atoms with Crippen LogP contribution in [0.2, 0.25) is 0 Å². The van der Waals surface area contributed by atoms with Crippen LogP contribution in [0.5, 0.6) is 11.5 Å². The fourth-order valence-electron chi connectivity index (χ4n) is 2.13. The largest absolute Gasteiger partial charge is 0.508 e. The Balaban J connectivity index is 2.16. The van der Waals surface area contributed by atoms with Gasteiger partial charge in [-0.15, -0.1) is 0 Å². The number of aromatic hydroxyl groups is 1. The highest BCUT2D eigenvalue weighted by Crippen LogP contribution is 2.41. The third kappa shape index (κ3) is 1.47. The van der Waals surface area contributed by atoms with Crippen LogP contribution in [0, 0.1) is 0 Å². The van der Waals surface area contributed by atoms with Crippen molar-refractivity contribution in [2.45, 2.75) is 5.92 Å². The lowest BCUT2D eigenvalue weighted by Crippen LogP contribution is -2.11. The average Bonchev–Trinajstić information content (AvgIpc) is 2.66. The topological polar surface area (TPSA) is 46.5 Å². The number of benzene rings is 2. The second-order valence-electron chi connectivity index (χ2n) is 3.95. The molecule has 0 bridgehead atoms. The molecule has 1 unspecified atom stereocenters. The van der Waals surface area contributed by atoms with Crippen LogP contribution in [0.1, 0.15) is 17.0 Å². The Bertz CT molecular complexity index is 590. The van der Waals surface area contributed by atoms with E-state index in [-0.39, 0.29) is 11.7 Å². The maximum absolute atomic E-state index is 11.9. The summed E-state index contributed by atoms with van der Waals surface area (Å²) in [7, 11) is 0. The van der Waals surface area contributed by atoms with Crippen molar-refractivity contribution < 1.29 is 14.6 Å². The van der Waals surface area contributed by atoms with Gasteiger partial charge in [-0.05, 0) is 12.1 Å². The highest BCUT2D eigenvalue weighted by atomic mass is 16.5. The number of rotatable bonds is 1. The van der Waals surface area contributed by atoms with Gasteiger partial charge in [0, 0.05) is 11.1 Å². The van der Waals surface area contributed by atoms with Crippen LogP contribution in [0.15, 0.2) is 48.5 Å². The molecule has 0 spiro atoms. The standard InChI is InChI=1S/C14H10O3/c15-11-7-3-1-5-9(11)13-10-6-2-4-8-12(10)17-14(13)16/h1-8,13,15H. The fraction of sp³-hybridized carbons (Fsp3) is 0.0714. The Morgan fingerprint density at radius 1 is 0.941 bits per heavy atom. The van der Waals surface area contributed by atoms with Gasteiger partial charge in [0.15, 0.2) is 0 Å². The first-order valence-corrected chi connectivity index (χ1v) is 5.36. The Morgan fingerprint density at radius 3 is 2.35 bits per heavy atom. The van der Waals surface area contributed by atoms with Gasteiger partial charge in [-0.25, -0.2) is 0 Å². The van der Waals surface area contributed by atoms with E-state index >= 15 is 0 Å². The zero-order valence-corrected chi connectivity index (χ0v) is 8.96. The average molecular weight is 226 g/mol. The molecule has 0 saturated carbocycles. The third-order valence-corrected chi connectivity index (χ3v) is 2.92. The smallest absolute Gasteiger partial charge is 0.323 e. The molecule has 0 saturated heterocycles. The number of hydrogen-bond donors (Lipinski definition) is 1. The van der Waals surface area contributed by atoms with E-state index in [2.05, 4.69) is 0 Å². The normalized spacial score (nSPS) is 17.6. The van der Waals surface area contributed by atoms with Gasteiger partial charge in [-0.2, -0.15) is 0 Å². The highest BCUT2D eigenvalue weighted by Gasteiger charge is 2.35. The fourth-order valence-corrected chi connectivity index (χ4v) is 2.13. The molecule has 17 heavy (non-hydrogen) atoms. The summed E-state index contributed by atoms with van der Waals surface area (Å²) in [4.78, 5) is 11.9. The Hall–Kier alpha value is -2.29. The van der Waals surface area contributed by atoms with Crippen molar-refractivity contribution in [3.8, 4) is 11.5 Å². The first-order chi connectivity index (χ1) is 8.27. The molecular weight excluding hydrogens is 216 g/mol. The minimum Gasteiger partial charge on any atom is -0.508 e. The second kappa shape index (κ2) is 3.63. The quantitative estimate of drug-likeness (QED) is 0.600. The van der Waals surface area contributed by atoms with Crippen molar-refractivity contribution in [2.75, 3.05) is 0 Å². The van der Waals surface area contributed by atoms with Crippen molar-refractivity contribution in [3.05, 3.63) is 59.7 Å². The second-order valence-corrected chi connectivity index (χ2v) is 3.95. The number of phenolic OH excluding ortho intramolecular Hbond substituents is 1. The molecule has 1 aliphatic heterocycles. The van der Waals surface area contributed by atoms with Crippen LogP contribution in [0.4, 0.5) is 0 Å². The molecule has 3 heteroatoms. The predicted octanol–water partition coefficient (Wildman–Crippen LogP) is 2.44. The van der Waals surface area contributed by atoms with Crippen molar-refractivity contribution in [1.29, 1.82) is 0 Å². The molecule has 3 rings (SSSR count). The van der Waals surface area contributed by atoms with Gasteiger partial charge in [-0.1, -0.05) is 36.4 Å². The van der Waals surface area contributed by atoms with E-state index in [0.29, 0.717) is 11.3 Å².